The zero-order valence-electron chi connectivity index (χ0n) is 12.1. The lowest BCUT2D eigenvalue weighted by atomic mass is 9.48. The molecule has 5 aliphatic rings. The maximum absolute atomic E-state index is 10.2. The van der Waals surface area contributed by atoms with Crippen LogP contribution in [0.15, 0.2) is 0 Å². The molecule has 0 aromatic heterocycles. The van der Waals surface area contributed by atoms with Gasteiger partial charge < -0.3 is 10.4 Å². The first-order valence-electron chi connectivity index (χ1n) is 8.68. The fourth-order valence-corrected chi connectivity index (χ4v) is 6.19. The predicted octanol–water partition coefficient (Wildman–Crippen LogP) is 3.10. The molecule has 4 bridgehead atoms. The van der Waals surface area contributed by atoms with Crippen LogP contribution in [0.5, 0.6) is 0 Å². The van der Waals surface area contributed by atoms with Gasteiger partial charge in [-0.2, -0.15) is 0 Å². The SMILES string of the molecule is OCC1(NC2CCCCC2)C2CC3CC(C2)CC1C3. The maximum atomic E-state index is 10.2. The van der Waals surface area contributed by atoms with E-state index in [0.29, 0.717) is 12.6 Å². The van der Waals surface area contributed by atoms with Crippen LogP contribution in [0, 0.1) is 23.7 Å². The fraction of sp³-hybridized carbons (Fsp3) is 1.00. The molecule has 0 unspecified atom stereocenters. The van der Waals surface area contributed by atoms with E-state index in [1.807, 2.05) is 0 Å². The molecule has 2 heteroatoms. The van der Waals surface area contributed by atoms with Gasteiger partial charge in [0.2, 0.25) is 0 Å². The highest BCUT2D eigenvalue weighted by Gasteiger charge is 2.57. The summed E-state index contributed by atoms with van der Waals surface area (Å²) < 4.78 is 0. The number of hydrogen-bond acceptors (Lipinski definition) is 2. The quantitative estimate of drug-likeness (QED) is 0.820. The molecule has 0 aliphatic heterocycles. The van der Waals surface area contributed by atoms with Crippen molar-refractivity contribution in [1.82, 2.24) is 5.32 Å². The number of nitrogens with one attached hydrogen (secondary N) is 1. The van der Waals surface area contributed by atoms with Crippen LogP contribution >= 0.6 is 0 Å². The maximum Gasteiger partial charge on any atom is 0.0618 e. The highest BCUT2D eigenvalue weighted by Crippen LogP contribution is 2.58. The Morgan fingerprint density at radius 1 is 0.842 bits per heavy atom. The van der Waals surface area contributed by atoms with Crippen molar-refractivity contribution in [3.05, 3.63) is 0 Å². The van der Waals surface area contributed by atoms with Crippen molar-refractivity contribution in [3.8, 4) is 0 Å². The van der Waals surface area contributed by atoms with Crippen LogP contribution in [0.1, 0.15) is 64.2 Å². The number of aliphatic hydroxyl groups excluding tert-OH is 1. The molecule has 108 valence electrons. The van der Waals surface area contributed by atoms with Crippen molar-refractivity contribution in [2.45, 2.75) is 75.8 Å². The number of aliphatic hydroxyl groups is 1. The monoisotopic (exact) mass is 263 g/mol. The minimum Gasteiger partial charge on any atom is -0.394 e. The van der Waals surface area contributed by atoms with E-state index in [0.717, 1.165) is 23.7 Å². The number of hydrogen-bond donors (Lipinski definition) is 2. The normalized spacial score (nSPS) is 49.7. The van der Waals surface area contributed by atoms with Crippen LogP contribution in [-0.2, 0) is 0 Å². The summed E-state index contributed by atoms with van der Waals surface area (Å²) in [5.41, 5.74) is 0.107. The first kappa shape index (κ1) is 12.6. The molecule has 0 saturated heterocycles. The molecule has 0 spiro atoms. The summed E-state index contributed by atoms with van der Waals surface area (Å²) in [6.45, 7) is 0.387. The molecular weight excluding hydrogens is 234 g/mol. The Morgan fingerprint density at radius 3 is 1.95 bits per heavy atom. The molecule has 0 aromatic carbocycles. The van der Waals surface area contributed by atoms with Crippen molar-refractivity contribution in [3.63, 3.8) is 0 Å². The first-order valence-corrected chi connectivity index (χ1v) is 8.68. The topological polar surface area (TPSA) is 32.3 Å². The summed E-state index contributed by atoms with van der Waals surface area (Å²) in [5.74, 6) is 3.54. The summed E-state index contributed by atoms with van der Waals surface area (Å²) in [7, 11) is 0. The van der Waals surface area contributed by atoms with Gasteiger partial charge in [-0.1, -0.05) is 19.3 Å². The highest BCUT2D eigenvalue weighted by atomic mass is 16.3. The van der Waals surface area contributed by atoms with Gasteiger partial charge in [-0.15, -0.1) is 0 Å². The van der Waals surface area contributed by atoms with E-state index in [2.05, 4.69) is 5.32 Å². The van der Waals surface area contributed by atoms with Gasteiger partial charge in [0.15, 0.2) is 0 Å². The third kappa shape index (κ3) is 1.98. The highest BCUT2D eigenvalue weighted by molar-refractivity contribution is 5.11. The Morgan fingerprint density at radius 2 is 1.42 bits per heavy atom. The van der Waals surface area contributed by atoms with Crippen LogP contribution in [0.2, 0.25) is 0 Å². The van der Waals surface area contributed by atoms with Crippen LogP contribution in [0.4, 0.5) is 0 Å². The molecule has 2 N–H and O–H groups in total. The van der Waals surface area contributed by atoms with Crippen molar-refractivity contribution in [2.75, 3.05) is 6.61 Å². The smallest absolute Gasteiger partial charge is 0.0618 e. The summed E-state index contributed by atoms with van der Waals surface area (Å²) >= 11 is 0. The van der Waals surface area contributed by atoms with Gasteiger partial charge in [0.1, 0.15) is 0 Å². The zero-order chi connectivity index (χ0) is 12.9. The third-order valence-corrected chi connectivity index (χ3v) is 6.93. The molecule has 0 heterocycles. The van der Waals surface area contributed by atoms with Gasteiger partial charge in [0.05, 0.1) is 6.61 Å². The summed E-state index contributed by atoms with van der Waals surface area (Å²) in [4.78, 5) is 0. The van der Waals surface area contributed by atoms with Gasteiger partial charge >= 0.3 is 0 Å². The van der Waals surface area contributed by atoms with Crippen molar-refractivity contribution >= 4 is 0 Å². The molecule has 0 aromatic rings. The molecule has 19 heavy (non-hydrogen) atoms. The molecular formula is C17H29NO. The zero-order valence-corrected chi connectivity index (χ0v) is 12.1. The Labute approximate surface area is 117 Å². The van der Waals surface area contributed by atoms with E-state index < -0.39 is 0 Å². The second-order valence-corrected chi connectivity index (χ2v) is 7.98. The molecule has 5 saturated carbocycles. The summed E-state index contributed by atoms with van der Waals surface area (Å²) in [5, 5.41) is 14.2. The molecule has 2 nitrogen and oxygen atoms in total. The van der Waals surface area contributed by atoms with E-state index in [9.17, 15) is 5.11 Å². The standard InChI is InChI=1S/C17H29NO/c19-11-17(18-16-4-2-1-3-5-16)14-7-12-6-13(9-14)10-15(17)8-12/h12-16,18-19H,1-11H2. The van der Waals surface area contributed by atoms with Gasteiger partial charge in [0.25, 0.3) is 0 Å². The van der Waals surface area contributed by atoms with Crippen molar-refractivity contribution < 1.29 is 5.11 Å². The van der Waals surface area contributed by atoms with Gasteiger partial charge in [0, 0.05) is 11.6 Å². The predicted molar refractivity (Wildman–Crippen MR) is 76.9 cm³/mol. The molecule has 5 aliphatic carbocycles. The van der Waals surface area contributed by atoms with Crippen LogP contribution < -0.4 is 5.32 Å². The Hall–Kier alpha value is -0.0800. The largest absolute Gasteiger partial charge is 0.394 e. The van der Waals surface area contributed by atoms with Gasteiger partial charge in [-0.3, -0.25) is 0 Å². The van der Waals surface area contributed by atoms with E-state index >= 15 is 0 Å². The van der Waals surface area contributed by atoms with Gasteiger partial charge in [-0.25, -0.2) is 0 Å². The number of rotatable bonds is 3. The molecule has 0 atom stereocenters. The van der Waals surface area contributed by atoms with Crippen molar-refractivity contribution in [1.29, 1.82) is 0 Å². The van der Waals surface area contributed by atoms with Crippen molar-refractivity contribution in [2.24, 2.45) is 23.7 Å². The molecule has 0 amide bonds. The van der Waals surface area contributed by atoms with Crippen LogP contribution in [0.3, 0.4) is 0 Å². The minimum atomic E-state index is 0.107. The second kappa shape index (κ2) is 4.73. The Kier molecular flexibility index (Phi) is 3.15. The van der Waals surface area contributed by atoms with E-state index in [-0.39, 0.29) is 5.54 Å². The van der Waals surface area contributed by atoms with Gasteiger partial charge in [-0.05, 0) is 68.6 Å². The average molecular weight is 263 g/mol. The summed E-state index contributed by atoms with van der Waals surface area (Å²) in [6, 6.07) is 0.693. The average Bonchev–Trinajstić information content (AvgIpc) is 2.43. The molecule has 5 fully saturated rings. The Bertz CT molecular complexity index is 306. The Balaban J connectivity index is 1.55. The molecule has 0 radical (unpaired) electrons. The second-order valence-electron chi connectivity index (χ2n) is 7.98. The lowest BCUT2D eigenvalue weighted by Gasteiger charge is -2.62. The lowest BCUT2D eigenvalue weighted by Crippen LogP contribution is -2.68. The van der Waals surface area contributed by atoms with E-state index in [4.69, 9.17) is 0 Å². The first-order chi connectivity index (χ1) is 9.30. The van der Waals surface area contributed by atoms with E-state index in [1.165, 1.54) is 64.2 Å². The van der Waals surface area contributed by atoms with Crippen LogP contribution in [0.25, 0.3) is 0 Å². The van der Waals surface area contributed by atoms with E-state index in [1.54, 1.807) is 0 Å². The van der Waals surface area contributed by atoms with Crippen LogP contribution in [-0.4, -0.2) is 23.3 Å². The molecule has 5 rings (SSSR count). The third-order valence-electron chi connectivity index (χ3n) is 6.93. The lowest BCUT2D eigenvalue weighted by molar-refractivity contribution is -0.101. The summed E-state index contributed by atoms with van der Waals surface area (Å²) in [6.07, 6.45) is 14.0. The fourth-order valence-electron chi connectivity index (χ4n) is 6.19. The minimum absolute atomic E-state index is 0.107.